The maximum Gasteiger partial charge on any atom is 0.262 e. The average molecular weight is 387 g/mol. The number of ether oxygens (including phenoxy) is 1. The number of carbonyl (C=O) groups excluding carboxylic acids is 2. The van der Waals surface area contributed by atoms with Crippen LogP contribution in [0.1, 0.15) is 21.5 Å². The first kappa shape index (κ1) is 18.6. The van der Waals surface area contributed by atoms with Crippen LogP contribution in [0, 0.1) is 13.8 Å². The van der Waals surface area contributed by atoms with Crippen LogP contribution in [0.4, 0.5) is 5.69 Å². The Bertz CT molecular complexity index is 783. The van der Waals surface area contributed by atoms with Gasteiger partial charge in [-0.1, -0.05) is 34.8 Å². The number of rotatable bonds is 5. The van der Waals surface area contributed by atoms with Gasteiger partial charge in [0.1, 0.15) is 12.0 Å². The van der Waals surface area contributed by atoms with Crippen LogP contribution in [0.25, 0.3) is 0 Å². The van der Waals surface area contributed by atoms with Crippen LogP contribution in [0.15, 0.2) is 24.3 Å². The lowest BCUT2D eigenvalue weighted by Gasteiger charge is -2.13. The third kappa shape index (κ3) is 4.41. The smallest absolute Gasteiger partial charge is 0.262 e. The van der Waals surface area contributed by atoms with Crippen molar-refractivity contribution in [2.45, 2.75) is 13.8 Å². The molecule has 0 aromatic heterocycles. The van der Waals surface area contributed by atoms with Gasteiger partial charge in [0.2, 0.25) is 0 Å². The Hall–Kier alpha value is -1.75. The number of hydrogen-bond donors (Lipinski definition) is 1. The molecule has 1 amide bonds. The fraction of sp³-hybridized carbons (Fsp3) is 0.176. The van der Waals surface area contributed by atoms with Crippen molar-refractivity contribution in [2.75, 3.05) is 11.9 Å². The van der Waals surface area contributed by atoms with E-state index in [0.717, 1.165) is 17.4 Å². The molecule has 0 aliphatic carbocycles. The monoisotopic (exact) mass is 385 g/mol. The molecule has 2 aromatic carbocycles. The summed E-state index contributed by atoms with van der Waals surface area (Å²) < 4.78 is 5.56. The molecule has 0 saturated carbocycles. The number of nitrogens with one attached hydrogen (secondary N) is 1. The molecule has 0 radical (unpaired) electrons. The minimum Gasteiger partial charge on any atom is -0.483 e. The van der Waals surface area contributed by atoms with E-state index in [1.807, 2.05) is 13.8 Å². The highest BCUT2D eigenvalue weighted by Gasteiger charge is 2.12. The van der Waals surface area contributed by atoms with Gasteiger partial charge in [-0.15, -0.1) is 0 Å². The summed E-state index contributed by atoms with van der Waals surface area (Å²) in [5, 5.41) is 3.48. The minimum absolute atomic E-state index is 0.210. The molecule has 0 fully saturated rings. The summed E-state index contributed by atoms with van der Waals surface area (Å²) in [7, 11) is 0. The highest BCUT2D eigenvalue weighted by atomic mass is 35.5. The lowest BCUT2D eigenvalue weighted by atomic mass is 10.1. The van der Waals surface area contributed by atoms with Crippen LogP contribution in [-0.2, 0) is 4.79 Å². The number of carbonyl (C=O) groups is 2. The van der Waals surface area contributed by atoms with Crippen LogP contribution in [0.5, 0.6) is 5.75 Å². The Labute approximate surface area is 154 Å². The van der Waals surface area contributed by atoms with E-state index in [2.05, 4.69) is 5.32 Å². The fourth-order valence-electron chi connectivity index (χ4n) is 2.22. The van der Waals surface area contributed by atoms with Crippen molar-refractivity contribution in [1.82, 2.24) is 0 Å². The molecule has 24 heavy (non-hydrogen) atoms. The van der Waals surface area contributed by atoms with Gasteiger partial charge >= 0.3 is 0 Å². The molecular weight excluding hydrogens is 373 g/mol. The third-order valence-corrected chi connectivity index (χ3v) is 4.29. The van der Waals surface area contributed by atoms with Gasteiger partial charge in [-0.3, -0.25) is 9.59 Å². The van der Waals surface area contributed by atoms with E-state index >= 15 is 0 Å². The Morgan fingerprint density at radius 3 is 2.21 bits per heavy atom. The zero-order valence-corrected chi connectivity index (χ0v) is 15.2. The maximum atomic E-state index is 12.1. The van der Waals surface area contributed by atoms with Gasteiger partial charge in [0.05, 0.1) is 20.8 Å². The summed E-state index contributed by atoms with van der Waals surface area (Å²) in [6.45, 7) is 3.41. The Kier molecular flexibility index (Phi) is 6.10. The average Bonchev–Trinajstić information content (AvgIpc) is 2.51. The second-order valence-corrected chi connectivity index (χ2v) is 6.41. The van der Waals surface area contributed by atoms with Crippen molar-refractivity contribution in [3.8, 4) is 5.75 Å². The second-order valence-electron chi connectivity index (χ2n) is 5.18. The molecule has 0 bridgehead atoms. The third-order valence-electron chi connectivity index (χ3n) is 3.25. The van der Waals surface area contributed by atoms with Crippen molar-refractivity contribution in [2.24, 2.45) is 0 Å². The number of hydrogen-bond acceptors (Lipinski definition) is 3. The molecule has 2 rings (SSSR count). The molecule has 0 aliphatic heterocycles. The van der Waals surface area contributed by atoms with Crippen molar-refractivity contribution in [3.05, 3.63) is 56.0 Å². The molecular formula is C17H14Cl3NO3. The van der Waals surface area contributed by atoms with E-state index in [9.17, 15) is 9.59 Å². The lowest BCUT2D eigenvalue weighted by Crippen LogP contribution is -2.21. The topological polar surface area (TPSA) is 55.4 Å². The standard InChI is InChI=1S/C17H14Cl3NO3/c1-9-3-11(7-22)4-10(2)17(9)24-8-16(23)21-15-6-13(19)12(18)5-14(15)20/h3-7H,8H2,1-2H3,(H,21,23). The number of aryl methyl sites for hydroxylation is 2. The quantitative estimate of drug-likeness (QED) is 0.575. The van der Waals surface area contributed by atoms with Crippen molar-refractivity contribution in [3.63, 3.8) is 0 Å². The summed E-state index contributed by atoms with van der Waals surface area (Å²) >= 11 is 17.8. The lowest BCUT2D eigenvalue weighted by molar-refractivity contribution is -0.118. The second kappa shape index (κ2) is 7.88. The van der Waals surface area contributed by atoms with Gasteiger partial charge in [0.15, 0.2) is 6.61 Å². The van der Waals surface area contributed by atoms with E-state index < -0.39 is 5.91 Å². The summed E-state index contributed by atoms with van der Waals surface area (Å²) in [5.74, 6) is 0.171. The Morgan fingerprint density at radius 1 is 1.04 bits per heavy atom. The van der Waals surface area contributed by atoms with Gasteiger partial charge in [0, 0.05) is 5.56 Å². The Morgan fingerprint density at radius 2 is 1.62 bits per heavy atom. The van der Waals surface area contributed by atoms with E-state index in [4.69, 9.17) is 39.5 Å². The van der Waals surface area contributed by atoms with Gasteiger partial charge in [-0.25, -0.2) is 0 Å². The number of halogens is 3. The van der Waals surface area contributed by atoms with E-state index in [-0.39, 0.29) is 16.7 Å². The largest absolute Gasteiger partial charge is 0.483 e. The first-order chi connectivity index (χ1) is 11.3. The molecule has 126 valence electrons. The summed E-state index contributed by atoms with van der Waals surface area (Å²) in [6.07, 6.45) is 0.767. The van der Waals surface area contributed by atoms with E-state index in [0.29, 0.717) is 22.0 Å². The minimum atomic E-state index is -0.395. The first-order valence-corrected chi connectivity index (χ1v) is 8.09. The molecule has 1 N–H and O–H groups in total. The first-order valence-electron chi connectivity index (χ1n) is 6.95. The zero-order valence-electron chi connectivity index (χ0n) is 13.0. The maximum absolute atomic E-state index is 12.1. The van der Waals surface area contributed by atoms with Crippen molar-refractivity contribution < 1.29 is 14.3 Å². The Balaban J connectivity index is 2.07. The van der Waals surface area contributed by atoms with Gasteiger partial charge in [0.25, 0.3) is 5.91 Å². The van der Waals surface area contributed by atoms with Crippen molar-refractivity contribution in [1.29, 1.82) is 0 Å². The zero-order chi connectivity index (χ0) is 17.9. The molecule has 4 nitrogen and oxygen atoms in total. The number of aldehydes is 1. The molecule has 0 aliphatic rings. The summed E-state index contributed by atoms with van der Waals surface area (Å²) in [5.41, 5.74) is 2.46. The summed E-state index contributed by atoms with van der Waals surface area (Å²) in [6, 6.07) is 6.32. The number of anilines is 1. The van der Waals surface area contributed by atoms with E-state index in [1.165, 1.54) is 12.1 Å². The van der Waals surface area contributed by atoms with Crippen LogP contribution in [0.2, 0.25) is 15.1 Å². The highest BCUT2D eigenvalue weighted by Crippen LogP contribution is 2.32. The predicted octanol–water partition coefficient (Wildman–Crippen LogP) is 5.09. The van der Waals surface area contributed by atoms with Gasteiger partial charge in [-0.2, -0.15) is 0 Å². The van der Waals surface area contributed by atoms with Gasteiger partial charge < -0.3 is 10.1 Å². The molecule has 0 unspecified atom stereocenters. The van der Waals surface area contributed by atoms with Gasteiger partial charge in [-0.05, 0) is 49.2 Å². The molecule has 0 atom stereocenters. The highest BCUT2D eigenvalue weighted by molar-refractivity contribution is 6.44. The molecule has 2 aromatic rings. The van der Waals surface area contributed by atoms with Crippen LogP contribution in [-0.4, -0.2) is 18.8 Å². The fourth-order valence-corrected chi connectivity index (χ4v) is 2.82. The summed E-state index contributed by atoms with van der Waals surface area (Å²) in [4.78, 5) is 22.9. The van der Waals surface area contributed by atoms with Crippen LogP contribution >= 0.6 is 34.8 Å². The van der Waals surface area contributed by atoms with Crippen LogP contribution < -0.4 is 10.1 Å². The molecule has 7 heteroatoms. The number of benzene rings is 2. The molecule has 0 spiro atoms. The molecule has 0 saturated heterocycles. The van der Waals surface area contributed by atoms with Crippen molar-refractivity contribution >= 4 is 52.7 Å². The predicted molar refractivity (Wildman–Crippen MR) is 96.9 cm³/mol. The normalized spacial score (nSPS) is 10.4. The molecule has 0 heterocycles. The van der Waals surface area contributed by atoms with Crippen LogP contribution in [0.3, 0.4) is 0 Å². The SMILES string of the molecule is Cc1cc(C=O)cc(C)c1OCC(=O)Nc1cc(Cl)c(Cl)cc1Cl. The number of amides is 1. The van der Waals surface area contributed by atoms with E-state index in [1.54, 1.807) is 12.1 Å².